The summed E-state index contributed by atoms with van der Waals surface area (Å²) in [6.07, 6.45) is 0.214. The zero-order valence-corrected chi connectivity index (χ0v) is 9.77. The number of benzene rings is 1. The van der Waals surface area contributed by atoms with Crippen LogP contribution in [0.5, 0.6) is 0 Å². The second kappa shape index (κ2) is 5.88. The van der Waals surface area contributed by atoms with Crippen LogP contribution >= 0.6 is 15.9 Å². The van der Waals surface area contributed by atoms with Crippen LogP contribution in [0.1, 0.15) is 18.4 Å². The van der Waals surface area contributed by atoms with Gasteiger partial charge in [-0.3, -0.25) is 4.79 Å². The molecular weight excluding hydrogens is 260 g/mol. The van der Waals surface area contributed by atoms with Crippen molar-refractivity contribution < 1.29 is 15.0 Å². The molecule has 1 rings (SSSR count). The molecule has 0 amide bonds. The standard InChI is InChI=1S/C11H13BrO3/c12-9-3-1-2-8(6-9)4-5-10(13)7-11(14)15/h1-3,6,10,13H,4-5,7H2,(H,14,15)/t10-/m0/s1. The van der Waals surface area contributed by atoms with E-state index in [2.05, 4.69) is 15.9 Å². The Kier molecular flexibility index (Phi) is 4.78. The molecule has 0 aliphatic rings. The van der Waals surface area contributed by atoms with Gasteiger partial charge in [-0.25, -0.2) is 0 Å². The van der Waals surface area contributed by atoms with Gasteiger partial charge >= 0.3 is 5.97 Å². The van der Waals surface area contributed by atoms with Gasteiger partial charge in [0.15, 0.2) is 0 Å². The number of hydrogen-bond donors (Lipinski definition) is 2. The van der Waals surface area contributed by atoms with Gasteiger partial charge in [0.25, 0.3) is 0 Å². The van der Waals surface area contributed by atoms with Crippen LogP contribution in [0, 0.1) is 0 Å². The van der Waals surface area contributed by atoms with Crippen LogP contribution < -0.4 is 0 Å². The summed E-state index contributed by atoms with van der Waals surface area (Å²) in [5, 5.41) is 17.8. The summed E-state index contributed by atoms with van der Waals surface area (Å²) in [5.41, 5.74) is 1.09. The topological polar surface area (TPSA) is 57.5 Å². The fraction of sp³-hybridized carbons (Fsp3) is 0.364. The normalized spacial score (nSPS) is 12.4. The average Bonchev–Trinajstić information content (AvgIpc) is 2.14. The van der Waals surface area contributed by atoms with Crippen LogP contribution in [-0.2, 0) is 11.2 Å². The predicted octanol–water partition coefficient (Wildman–Crippen LogP) is 2.22. The van der Waals surface area contributed by atoms with Crippen LogP contribution in [0.15, 0.2) is 28.7 Å². The Labute approximate surface area is 96.9 Å². The maximum atomic E-state index is 10.3. The summed E-state index contributed by atoms with van der Waals surface area (Å²) >= 11 is 3.35. The van der Waals surface area contributed by atoms with Crippen molar-refractivity contribution in [3.05, 3.63) is 34.3 Å². The van der Waals surface area contributed by atoms with E-state index in [0.717, 1.165) is 10.0 Å². The number of carboxylic acids is 1. The fourth-order valence-corrected chi connectivity index (χ4v) is 1.78. The van der Waals surface area contributed by atoms with E-state index < -0.39 is 12.1 Å². The first-order chi connectivity index (χ1) is 7.08. The van der Waals surface area contributed by atoms with Gasteiger partial charge in [-0.15, -0.1) is 0 Å². The first-order valence-corrected chi connectivity index (χ1v) is 5.51. The lowest BCUT2D eigenvalue weighted by molar-refractivity contribution is -0.139. The van der Waals surface area contributed by atoms with Crippen molar-refractivity contribution in [1.29, 1.82) is 0 Å². The van der Waals surface area contributed by atoms with Crippen LogP contribution in [0.2, 0.25) is 0 Å². The Hall–Kier alpha value is -0.870. The van der Waals surface area contributed by atoms with Crippen molar-refractivity contribution in [3.63, 3.8) is 0 Å². The lowest BCUT2D eigenvalue weighted by Gasteiger charge is -2.07. The van der Waals surface area contributed by atoms with Crippen LogP contribution in [0.3, 0.4) is 0 Å². The van der Waals surface area contributed by atoms with Gasteiger partial charge in [-0.05, 0) is 30.5 Å². The molecule has 0 saturated carbocycles. The van der Waals surface area contributed by atoms with Crippen molar-refractivity contribution in [3.8, 4) is 0 Å². The highest BCUT2D eigenvalue weighted by atomic mass is 79.9. The number of hydrogen-bond acceptors (Lipinski definition) is 2. The highest BCUT2D eigenvalue weighted by Gasteiger charge is 2.09. The molecule has 1 aromatic carbocycles. The molecule has 0 unspecified atom stereocenters. The molecule has 0 aliphatic carbocycles. The van der Waals surface area contributed by atoms with Crippen LogP contribution in [0.25, 0.3) is 0 Å². The Balaban J connectivity index is 2.40. The molecule has 82 valence electrons. The molecule has 2 N–H and O–H groups in total. The van der Waals surface area contributed by atoms with Gasteiger partial charge in [-0.1, -0.05) is 28.1 Å². The number of aliphatic hydroxyl groups excluding tert-OH is 1. The zero-order valence-electron chi connectivity index (χ0n) is 8.19. The molecule has 1 aromatic rings. The predicted molar refractivity (Wildman–Crippen MR) is 60.7 cm³/mol. The minimum atomic E-state index is -0.961. The number of aliphatic hydroxyl groups is 1. The first kappa shape index (κ1) is 12.2. The lowest BCUT2D eigenvalue weighted by atomic mass is 10.1. The Morgan fingerprint density at radius 3 is 2.80 bits per heavy atom. The summed E-state index contributed by atoms with van der Waals surface area (Å²) in [6.45, 7) is 0. The molecule has 0 heterocycles. The SMILES string of the molecule is O=C(O)C[C@@H](O)CCc1cccc(Br)c1. The summed E-state index contributed by atoms with van der Waals surface area (Å²) < 4.78 is 0.993. The largest absolute Gasteiger partial charge is 0.481 e. The molecule has 0 fully saturated rings. The molecule has 0 saturated heterocycles. The van der Waals surface area contributed by atoms with Gasteiger partial charge in [0.05, 0.1) is 12.5 Å². The van der Waals surface area contributed by atoms with Crippen molar-refractivity contribution in [2.75, 3.05) is 0 Å². The minimum absolute atomic E-state index is 0.187. The van der Waals surface area contributed by atoms with Gasteiger partial charge in [-0.2, -0.15) is 0 Å². The van der Waals surface area contributed by atoms with E-state index in [9.17, 15) is 9.90 Å². The van der Waals surface area contributed by atoms with Gasteiger partial charge in [0.2, 0.25) is 0 Å². The Bertz CT molecular complexity index is 338. The van der Waals surface area contributed by atoms with E-state index >= 15 is 0 Å². The third-order valence-corrected chi connectivity index (χ3v) is 2.56. The molecule has 0 radical (unpaired) electrons. The van der Waals surface area contributed by atoms with Crippen molar-refractivity contribution in [2.45, 2.75) is 25.4 Å². The molecule has 4 heteroatoms. The van der Waals surface area contributed by atoms with E-state index in [1.807, 2.05) is 24.3 Å². The molecule has 3 nitrogen and oxygen atoms in total. The van der Waals surface area contributed by atoms with Crippen LogP contribution in [-0.4, -0.2) is 22.3 Å². The maximum Gasteiger partial charge on any atom is 0.305 e. The zero-order chi connectivity index (χ0) is 11.3. The Morgan fingerprint density at radius 2 is 2.20 bits per heavy atom. The highest BCUT2D eigenvalue weighted by Crippen LogP contribution is 2.14. The quantitative estimate of drug-likeness (QED) is 0.864. The summed E-state index contributed by atoms with van der Waals surface area (Å²) in [4.78, 5) is 10.3. The van der Waals surface area contributed by atoms with E-state index in [0.29, 0.717) is 12.8 Å². The molecule has 0 aromatic heterocycles. The molecule has 0 aliphatic heterocycles. The second-order valence-electron chi connectivity index (χ2n) is 3.42. The maximum absolute atomic E-state index is 10.3. The monoisotopic (exact) mass is 272 g/mol. The second-order valence-corrected chi connectivity index (χ2v) is 4.34. The van der Waals surface area contributed by atoms with Gasteiger partial charge in [0.1, 0.15) is 0 Å². The average molecular weight is 273 g/mol. The van der Waals surface area contributed by atoms with E-state index in [-0.39, 0.29) is 6.42 Å². The molecule has 15 heavy (non-hydrogen) atoms. The smallest absolute Gasteiger partial charge is 0.305 e. The molecule has 0 bridgehead atoms. The Morgan fingerprint density at radius 1 is 1.47 bits per heavy atom. The van der Waals surface area contributed by atoms with Crippen molar-refractivity contribution >= 4 is 21.9 Å². The highest BCUT2D eigenvalue weighted by molar-refractivity contribution is 9.10. The first-order valence-electron chi connectivity index (χ1n) is 4.72. The fourth-order valence-electron chi connectivity index (χ4n) is 1.33. The van der Waals surface area contributed by atoms with Crippen LogP contribution in [0.4, 0.5) is 0 Å². The number of aliphatic carboxylic acids is 1. The molecule has 1 atom stereocenters. The number of halogens is 1. The van der Waals surface area contributed by atoms with Gasteiger partial charge < -0.3 is 10.2 Å². The van der Waals surface area contributed by atoms with E-state index in [4.69, 9.17) is 5.11 Å². The van der Waals surface area contributed by atoms with E-state index in [1.165, 1.54) is 0 Å². The van der Waals surface area contributed by atoms with E-state index in [1.54, 1.807) is 0 Å². The summed E-state index contributed by atoms with van der Waals surface area (Å²) in [5.74, 6) is -0.961. The molecular formula is C11H13BrO3. The minimum Gasteiger partial charge on any atom is -0.481 e. The number of carboxylic acid groups (broad SMARTS) is 1. The van der Waals surface area contributed by atoms with Crippen molar-refractivity contribution in [1.82, 2.24) is 0 Å². The summed E-state index contributed by atoms with van der Waals surface area (Å²) in [6, 6.07) is 7.77. The lowest BCUT2D eigenvalue weighted by Crippen LogP contribution is -2.13. The molecule has 0 spiro atoms. The number of aryl methyl sites for hydroxylation is 1. The van der Waals surface area contributed by atoms with Gasteiger partial charge in [0, 0.05) is 4.47 Å². The third kappa shape index (κ3) is 4.95. The number of rotatable bonds is 5. The third-order valence-electron chi connectivity index (χ3n) is 2.07. The number of carbonyl (C=O) groups is 1. The summed E-state index contributed by atoms with van der Waals surface area (Å²) in [7, 11) is 0. The van der Waals surface area contributed by atoms with Crippen molar-refractivity contribution in [2.24, 2.45) is 0 Å².